The van der Waals surface area contributed by atoms with Gasteiger partial charge in [-0.3, -0.25) is 4.79 Å². The van der Waals surface area contributed by atoms with Gasteiger partial charge in [0.2, 0.25) is 5.91 Å². The van der Waals surface area contributed by atoms with Gasteiger partial charge in [0.15, 0.2) is 6.29 Å². The van der Waals surface area contributed by atoms with Gasteiger partial charge in [0.25, 0.3) is 0 Å². The molecule has 0 saturated carbocycles. The van der Waals surface area contributed by atoms with Crippen LogP contribution in [0.25, 0.3) is 0 Å². The van der Waals surface area contributed by atoms with Crippen LogP contribution < -0.4 is 5.32 Å². The smallest absolute Gasteiger partial charge is 0.225 e. The monoisotopic (exact) mass is 483 g/mol. The molecule has 2 aliphatic heterocycles. The van der Waals surface area contributed by atoms with Crippen molar-refractivity contribution in [1.29, 1.82) is 0 Å². The number of ether oxygens (including phenoxy) is 3. The summed E-state index contributed by atoms with van der Waals surface area (Å²) in [4.78, 5) is 12.6. The minimum atomic E-state index is -1.76. The van der Waals surface area contributed by atoms with E-state index in [2.05, 4.69) is 5.32 Å². The molecule has 0 aromatic heterocycles. The summed E-state index contributed by atoms with van der Waals surface area (Å²) < 4.78 is 16.5. The van der Waals surface area contributed by atoms with Crippen LogP contribution in [0, 0.1) is 5.92 Å². The zero-order chi connectivity index (χ0) is 24.7. The fraction of sp³-hybridized carbons (Fsp3) is 0.950. The molecule has 3 unspecified atom stereocenters. The van der Waals surface area contributed by atoms with Crippen molar-refractivity contribution >= 4 is 5.91 Å². The van der Waals surface area contributed by atoms with Crippen molar-refractivity contribution in [1.82, 2.24) is 5.32 Å². The molecule has 0 aliphatic carbocycles. The van der Waals surface area contributed by atoms with Crippen molar-refractivity contribution in [3.63, 3.8) is 0 Å². The van der Waals surface area contributed by atoms with E-state index in [9.17, 15) is 45.6 Å². The SMILES string of the molecule is CCCNC(=O)C(CCCO)C1O[C@H](CO)[C@@H](OC2O[C@H](CO)[C@H](O)[C@H](O)[C@H]2O)[C@H](O)[C@H]1O. The molecule has 13 heteroatoms. The third-order valence-corrected chi connectivity index (χ3v) is 6.00. The molecule has 11 atom stereocenters. The molecule has 2 fully saturated rings. The molecule has 9 N–H and O–H groups in total. The van der Waals surface area contributed by atoms with Gasteiger partial charge in [-0.05, 0) is 19.3 Å². The van der Waals surface area contributed by atoms with Crippen molar-refractivity contribution in [2.45, 2.75) is 87.4 Å². The van der Waals surface area contributed by atoms with Gasteiger partial charge >= 0.3 is 0 Å². The number of amides is 1. The lowest BCUT2D eigenvalue weighted by Crippen LogP contribution is -2.65. The Labute approximate surface area is 191 Å². The van der Waals surface area contributed by atoms with Crippen LogP contribution >= 0.6 is 0 Å². The van der Waals surface area contributed by atoms with Crippen LogP contribution in [0.15, 0.2) is 0 Å². The number of hydrogen-bond donors (Lipinski definition) is 9. The zero-order valence-corrected chi connectivity index (χ0v) is 18.5. The van der Waals surface area contributed by atoms with Crippen molar-refractivity contribution < 1.29 is 59.9 Å². The molecule has 2 heterocycles. The maximum absolute atomic E-state index is 12.6. The van der Waals surface area contributed by atoms with Gasteiger partial charge in [0.1, 0.15) is 48.8 Å². The van der Waals surface area contributed by atoms with Crippen molar-refractivity contribution in [2.24, 2.45) is 5.92 Å². The highest BCUT2D eigenvalue weighted by atomic mass is 16.7. The van der Waals surface area contributed by atoms with Gasteiger partial charge in [0, 0.05) is 13.2 Å². The van der Waals surface area contributed by atoms with Gasteiger partial charge in [-0.25, -0.2) is 0 Å². The molecule has 2 aliphatic rings. The lowest BCUT2D eigenvalue weighted by atomic mass is 9.84. The van der Waals surface area contributed by atoms with Crippen molar-refractivity contribution in [3.8, 4) is 0 Å². The van der Waals surface area contributed by atoms with E-state index >= 15 is 0 Å². The van der Waals surface area contributed by atoms with Gasteiger partial charge in [-0.1, -0.05) is 6.92 Å². The van der Waals surface area contributed by atoms with Crippen LogP contribution in [0.1, 0.15) is 26.2 Å². The van der Waals surface area contributed by atoms with Crippen LogP contribution in [0.3, 0.4) is 0 Å². The molecule has 0 spiro atoms. The third kappa shape index (κ3) is 6.58. The van der Waals surface area contributed by atoms with Gasteiger partial charge < -0.3 is 60.4 Å². The number of aliphatic hydroxyl groups is 8. The summed E-state index contributed by atoms with van der Waals surface area (Å²) in [6, 6.07) is 0. The number of carbonyl (C=O) groups is 1. The molecular formula is C20H37NO12. The van der Waals surface area contributed by atoms with E-state index in [1.54, 1.807) is 0 Å². The van der Waals surface area contributed by atoms with Crippen LogP contribution in [0.5, 0.6) is 0 Å². The number of carbonyl (C=O) groups excluding carboxylic acids is 1. The topological polar surface area (TPSA) is 219 Å². The maximum atomic E-state index is 12.6. The largest absolute Gasteiger partial charge is 0.396 e. The molecule has 1 amide bonds. The first kappa shape index (κ1) is 28.3. The summed E-state index contributed by atoms with van der Waals surface area (Å²) in [5.41, 5.74) is 0. The van der Waals surface area contributed by atoms with E-state index in [1.165, 1.54) is 0 Å². The molecule has 13 nitrogen and oxygen atoms in total. The lowest BCUT2D eigenvalue weighted by Gasteiger charge is -2.47. The number of hydrogen-bond acceptors (Lipinski definition) is 12. The van der Waals surface area contributed by atoms with E-state index in [0.717, 1.165) is 0 Å². The third-order valence-electron chi connectivity index (χ3n) is 6.00. The van der Waals surface area contributed by atoms with Crippen molar-refractivity contribution in [3.05, 3.63) is 0 Å². The highest BCUT2D eigenvalue weighted by molar-refractivity contribution is 5.79. The average Bonchev–Trinajstić information content (AvgIpc) is 2.81. The van der Waals surface area contributed by atoms with Crippen LogP contribution in [0.4, 0.5) is 0 Å². The molecule has 0 radical (unpaired) electrons. The Morgan fingerprint density at radius 1 is 0.909 bits per heavy atom. The first-order chi connectivity index (χ1) is 15.7. The first-order valence-corrected chi connectivity index (χ1v) is 11.2. The first-order valence-electron chi connectivity index (χ1n) is 11.2. The van der Waals surface area contributed by atoms with Crippen LogP contribution in [-0.4, -0.2) is 134 Å². The van der Waals surface area contributed by atoms with E-state index < -0.39 is 86.3 Å². The van der Waals surface area contributed by atoms with E-state index in [1.807, 2.05) is 6.92 Å². The van der Waals surface area contributed by atoms with E-state index in [4.69, 9.17) is 14.2 Å². The number of rotatable bonds is 11. The predicted octanol–water partition coefficient (Wildman–Crippen LogP) is -4.43. The Bertz CT molecular complexity index is 593. The van der Waals surface area contributed by atoms with E-state index in [0.29, 0.717) is 13.0 Å². The average molecular weight is 484 g/mol. The molecule has 0 bridgehead atoms. The fourth-order valence-electron chi connectivity index (χ4n) is 4.09. The van der Waals surface area contributed by atoms with Gasteiger partial charge in [0.05, 0.1) is 25.2 Å². The Morgan fingerprint density at radius 3 is 2.15 bits per heavy atom. The molecule has 2 rings (SSSR count). The Morgan fingerprint density at radius 2 is 1.58 bits per heavy atom. The summed E-state index contributed by atoms with van der Waals surface area (Å²) in [6.07, 6.45) is -14.2. The Balaban J connectivity index is 2.19. The Hall–Kier alpha value is -0.970. The van der Waals surface area contributed by atoms with Crippen LogP contribution in [0.2, 0.25) is 0 Å². The van der Waals surface area contributed by atoms with Gasteiger partial charge in [-0.2, -0.15) is 0 Å². The molecule has 2 saturated heterocycles. The molecule has 0 aromatic rings. The maximum Gasteiger partial charge on any atom is 0.225 e. The van der Waals surface area contributed by atoms with Crippen LogP contribution in [-0.2, 0) is 19.0 Å². The quantitative estimate of drug-likeness (QED) is 0.136. The highest BCUT2D eigenvalue weighted by Crippen LogP contribution is 2.32. The standard InChI is InChI=1S/C20H37NO12/c1-2-5-21-19(30)9(4-3-6-22)17-14(27)15(28)18(11(8-24)31-17)33-20-16(29)13(26)12(25)10(7-23)32-20/h9-18,20,22-29H,2-8H2,1H3,(H,21,30)/t9?,10-,11-,12+,13+,14-,15-,16-,17?,18-,20?/m1/s1. The minimum absolute atomic E-state index is 0.150. The summed E-state index contributed by atoms with van der Waals surface area (Å²) in [7, 11) is 0. The molecule has 33 heavy (non-hydrogen) atoms. The summed E-state index contributed by atoms with van der Waals surface area (Å²) >= 11 is 0. The molecular weight excluding hydrogens is 446 g/mol. The lowest BCUT2D eigenvalue weighted by molar-refractivity contribution is -0.343. The van der Waals surface area contributed by atoms with Crippen molar-refractivity contribution in [2.75, 3.05) is 26.4 Å². The number of aliphatic hydroxyl groups excluding tert-OH is 8. The minimum Gasteiger partial charge on any atom is -0.396 e. The Kier molecular flexibility index (Phi) is 11.3. The normalized spacial score (nSPS) is 40.4. The zero-order valence-electron chi connectivity index (χ0n) is 18.5. The summed E-state index contributed by atoms with van der Waals surface area (Å²) in [6.45, 7) is 0.663. The van der Waals surface area contributed by atoms with E-state index in [-0.39, 0.29) is 19.4 Å². The predicted molar refractivity (Wildman–Crippen MR) is 110 cm³/mol. The molecule has 0 aromatic carbocycles. The number of nitrogens with one attached hydrogen (secondary N) is 1. The summed E-state index contributed by atoms with van der Waals surface area (Å²) in [5.74, 6) is -1.37. The molecule has 194 valence electrons. The second kappa shape index (κ2) is 13.2. The summed E-state index contributed by atoms with van der Waals surface area (Å²) in [5, 5.41) is 82.5. The van der Waals surface area contributed by atoms with Gasteiger partial charge in [-0.15, -0.1) is 0 Å². The highest BCUT2D eigenvalue weighted by Gasteiger charge is 2.52. The fourth-order valence-corrected chi connectivity index (χ4v) is 4.09. The second-order valence-electron chi connectivity index (χ2n) is 8.36. The second-order valence-corrected chi connectivity index (χ2v) is 8.36.